The number of carbonyl (C=O) groups excluding carboxylic acids is 1. The molecule has 0 radical (unpaired) electrons. The summed E-state index contributed by atoms with van der Waals surface area (Å²) in [5.74, 6) is 0.603. The van der Waals surface area contributed by atoms with Gasteiger partial charge in [-0.3, -0.25) is 4.79 Å². The van der Waals surface area contributed by atoms with Gasteiger partial charge in [-0.25, -0.2) is 0 Å². The van der Waals surface area contributed by atoms with Gasteiger partial charge in [-0.15, -0.1) is 11.3 Å². The topological polar surface area (TPSA) is 38.3 Å². The first-order chi connectivity index (χ1) is 8.29. The zero-order valence-electron chi connectivity index (χ0n) is 9.47. The van der Waals surface area contributed by atoms with Crippen LogP contribution >= 0.6 is 11.3 Å². The number of nitrogens with one attached hydrogen (secondary N) is 1. The number of hydrogen-bond donors (Lipinski definition) is 1. The first-order valence-corrected chi connectivity index (χ1v) is 6.12. The van der Waals surface area contributed by atoms with Crippen molar-refractivity contribution in [2.45, 2.75) is 6.54 Å². The van der Waals surface area contributed by atoms with Gasteiger partial charge in [-0.2, -0.15) is 0 Å². The molecule has 0 aliphatic rings. The summed E-state index contributed by atoms with van der Waals surface area (Å²) in [6.45, 7) is 0.563. The van der Waals surface area contributed by atoms with E-state index in [4.69, 9.17) is 4.74 Å². The number of hydrogen-bond acceptors (Lipinski definition) is 3. The third-order valence-corrected chi connectivity index (χ3v) is 3.21. The molecule has 17 heavy (non-hydrogen) atoms. The molecule has 0 saturated heterocycles. The number of benzene rings is 1. The molecule has 2 rings (SSSR count). The van der Waals surface area contributed by atoms with Gasteiger partial charge in [0.25, 0.3) is 5.91 Å². The zero-order chi connectivity index (χ0) is 12.1. The normalized spacial score (nSPS) is 9.94. The molecule has 0 spiro atoms. The van der Waals surface area contributed by atoms with Crippen molar-refractivity contribution in [1.82, 2.24) is 5.32 Å². The van der Waals surface area contributed by atoms with Crippen LogP contribution in [0.2, 0.25) is 0 Å². The zero-order valence-corrected chi connectivity index (χ0v) is 10.3. The Kier molecular flexibility index (Phi) is 3.77. The van der Waals surface area contributed by atoms with Crippen LogP contribution in [0.3, 0.4) is 0 Å². The molecule has 0 atom stereocenters. The maximum absolute atomic E-state index is 11.8. The number of amides is 1. The highest BCUT2D eigenvalue weighted by molar-refractivity contribution is 7.09. The second kappa shape index (κ2) is 5.50. The van der Waals surface area contributed by atoms with Crippen molar-refractivity contribution >= 4 is 17.2 Å². The van der Waals surface area contributed by atoms with Gasteiger partial charge >= 0.3 is 0 Å². The second-order valence-electron chi connectivity index (χ2n) is 3.49. The summed E-state index contributed by atoms with van der Waals surface area (Å²) in [7, 11) is 1.59. The monoisotopic (exact) mass is 247 g/mol. The van der Waals surface area contributed by atoms with E-state index in [0.29, 0.717) is 17.9 Å². The summed E-state index contributed by atoms with van der Waals surface area (Å²) in [5, 5.41) is 4.86. The van der Waals surface area contributed by atoms with E-state index in [1.165, 1.54) is 0 Å². The Morgan fingerprint density at radius 1 is 1.35 bits per heavy atom. The molecule has 88 valence electrons. The molecule has 1 aromatic carbocycles. The summed E-state index contributed by atoms with van der Waals surface area (Å²) in [5.41, 5.74) is 0.612. The lowest BCUT2D eigenvalue weighted by Gasteiger charge is -2.05. The van der Waals surface area contributed by atoms with Crippen LogP contribution in [0, 0.1) is 0 Å². The lowest BCUT2D eigenvalue weighted by molar-refractivity contribution is 0.0951. The SMILES string of the molecule is COc1cccc(C(=O)NCc2cccs2)c1. The fourth-order valence-corrected chi connectivity index (χ4v) is 2.09. The summed E-state index contributed by atoms with van der Waals surface area (Å²) in [6, 6.07) is 11.1. The predicted molar refractivity (Wildman–Crippen MR) is 68.5 cm³/mol. The van der Waals surface area contributed by atoms with Crippen molar-refractivity contribution in [3.8, 4) is 5.75 Å². The molecule has 0 bridgehead atoms. The molecule has 1 N–H and O–H groups in total. The predicted octanol–water partition coefficient (Wildman–Crippen LogP) is 2.69. The lowest BCUT2D eigenvalue weighted by atomic mass is 10.2. The lowest BCUT2D eigenvalue weighted by Crippen LogP contribution is -2.22. The number of carbonyl (C=O) groups is 1. The van der Waals surface area contributed by atoms with Crippen molar-refractivity contribution < 1.29 is 9.53 Å². The Hall–Kier alpha value is -1.81. The molecule has 1 heterocycles. The fraction of sp³-hybridized carbons (Fsp3) is 0.154. The Bertz CT molecular complexity index is 494. The van der Waals surface area contributed by atoms with E-state index in [-0.39, 0.29) is 5.91 Å². The molecule has 0 fully saturated rings. The average molecular weight is 247 g/mol. The quantitative estimate of drug-likeness (QED) is 0.902. The molecular formula is C13H13NO2S. The molecule has 0 aliphatic carbocycles. The third kappa shape index (κ3) is 3.07. The minimum absolute atomic E-state index is 0.0858. The summed E-state index contributed by atoms with van der Waals surface area (Å²) >= 11 is 1.63. The van der Waals surface area contributed by atoms with Gasteiger partial charge in [0.15, 0.2) is 0 Å². The molecule has 3 nitrogen and oxygen atoms in total. The van der Waals surface area contributed by atoms with Gasteiger partial charge in [0, 0.05) is 10.4 Å². The fourth-order valence-electron chi connectivity index (χ4n) is 1.45. The Morgan fingerprint density at radius 2 is 2.24 bits per heavy atom. The van der Waals surface area contributed by atoms with Gasteiger partial charge in [-0.05, 0) is 29.6 Å². The van der Waals surface area contributed by atoms with Gasteiger partial charge in [0.05, 0.1) is 13.7 Å². The number of ether oxygens (including phenoxy) is 1. The maximum atomic E-state index is 11.8. The van der Waals surface area contributed by atoms with E-state index >= 15 is 0 Å². The van der Waals surface area contributed by atoms with E-state index in [0.717, 1.165) is 4.88 Å². The highest BCUT2D eigenvalue weighted by atomic mass is 32.1. The molecule has 0 unspecified atom stereocenters. The van der Waals surface area contributed by atoms with Crippen molar-refractivity contribution in [2.75, 3.05) is 7.11 Å². The largest absolute Gasteiger partial charge is 0.497 e. The molecule has 1 amide bonds. The first kappa shape index (κ1) is 11.7. The van der Waals surface area contributed by atoms with Crippen LogP contribution in [0.5, 0.6) is 5.75 Å². The van der Waals surface area contributed by atoms with Crippen molar-refractivity contribution in [2.24, 2.45) is 0 Å². The second-order valence-corrected chi connectivity index (χ2v) is 4.53. The van der Waals surface area contributed by atoms with Crippen LogP contribution in [0.25, 0.3) is 0 Å². The van der Waals surface area contributed by atoms with Crippen molar-refractivity contribution in [3.63, 3.8) is 0 Å². The third-order valence-electron chi connectivity index (χ3n) is 2.34. The molecule has 0 saturated carbocycles. The summed E-state index contributed by atoms with van der Waals surface area (Å²) < 4.78 is 5.08. The van der Waals surface area contributed by atoms with Gasteiger partial charge in [0.2, 0.25) is 0 Å². The molecule has 0 aliphatic heterocycles. The van der Waals surface area contributed by atoms with Crippen LogP contribution in [0.1, 0.15) is 15.2 Å². The van der Waals surface area contributed by atoms with Crippen LogP contribution in [0.15, 0.2) is 41.8 Å². The van der Waals surface area contributed by atoms with Gasteiger partial charge < -0.3 is 10.1 Å². The molecule has 4 heteroatoms. The Balaban J connectivity index is 1.99. The van der Waals surface area contributed by atoms with Crippen LogP contribution in [-0.2, 0) is 6.54 Å². The van der Waals surface area contributed by atoms with Crippen molar-refractivity contribution in [1.29, 1.82) is 0 Å². The highest BCUT2D eigenvalue weighted by Gasteiger charge is 2.06. The number of thiophene rings is 1. The highest BCUT2D eigenvalue weighted by Crippen LogP contribution is 2.13. The molecule has 2 aromatic rings. The first-order valence-electron chi connectivity index (χ1n) is 5.24. The summed E-state index contributed by atoms with van der Waals surface area (Å²) in [4.78, 5) is 13.0. The van der Waals surface area contributed by atoms with E-state index in [2.05, 4.69) is 5.32 Å². The van der Waals surface area contributed by atoms with E-state index < -0.39 is 0 Å². The minimum atomic E-state index is -0.0858. The molecule has 1 aromatic heterocycles. The van der Waals surface area contributed by atoms with Gasteiger partial charge in [0.1, 0.15) is 5.75 Å². The van der Waals surface area contributed by atoms with Crippen LogP contribution in [-0.4, -0.2) is 13.0 Å². The Morgan fingerprint density at radius 3 is 2.94 bits per heavy atom. The van der Waals surface area contributed by atoms with E-state index in [1.54, 1.807) is 36.6 Å². The van der Waals surface area contributed by atoms with Crippen molar-refractivity contribution in [3.05, 3.63) is 52.2 Å². The smallest absolute Gasteiger partial charge is 0.251 e. The van der Waals surface area contributed by atoms with E-state index in [9.17, 15) is 4.79 Å². The minimum Gasteiger partial charge on any atom is -0.497 e. The maximum Gasteiger partial charge on any atom is 0.251 e. The molecular weight excluding hydrogens is 234 g/mol. The van der Waals surface area contributed by atoms with Crippen LogP contribution < -0.4 is 10.1 Å². The van der Waals surface area contributed by atoms with Gasteiger partial charge in [-0.1, -0.05) is 12.1 Å². The number of rotatable bonds is 4. The standard InChI is InChI=1S/C13H13NO2S/c1-16-11-5-2-4-10(8-11)13(15)14-9-12-6-3-7-17-12/h2-8H,9H2,1H3,(H,14,15). The Labute approximate surface area is 104 Å². The van der Waals surface area contributed by atoms with Crippen LogP contribution in [0.4, 0.5) is 0 Å². The number of methoxy groups -OCH3 is 1. The summed E-state index contributed by atoms with van der Waals surface area (Å²) in [6.07, 6.45) is 0. The average Bonchev–Trinajstić information content (AvgIpc) is 2.89. The van der Waals surface area contributed by atoms with E-state index in [1.807, 2.05) is 23.6 Å².